The normalized spacial score (nSPS) is 11.9. The molecule has 0 nitrogen and oxygen atoms in total. The number of hydrogen-bond acceptors (Lipinski definition) is 0. The molecule has 0 fully saturated rings. The summed E-state index contributed by atoms with van der Waals surface area (Å²) in [5.74, 6) is -3.24. The Morgan fingerprint density at radius 2 is 1.31 bits per heavy atom. The number of unbranched alkanes of at least 4 members (excludes halogenated alkanes) is 4. The summed E-state index contributed by atoms with van der Waals surface area (Å²) in [5.41, 5.74) is 0.000227. The van der Waals surface area contributed by atoms with Gasteiger partial charge in [0.05, 0.1) is 11.1 Å². The fraction of sp³-hybridized carbons (Fsp3) is 0.312. The molecule has 0 atom stereocenters. The van der Waals surface area contributed by atoms with Crippen LogP contribution in [-0.4, -0.2) is 0 Å². The van der Waals surface area contributed by atoms with E-state index in [0.717, 1.165) is 38.2 Å². The minimum Gasteiger partial charge on any atom is -0.206 e. The summed E-state index contributed by atoms with van der Waals surface area (Å²) >= 11 is 0. The molecule has 4 rings (SSSR count). The minimum atomic E-state index is -4.78. The summed E-state index contributed by atoms with van der Waals surface area (Å²) in [6, 6.07) is 13.0. The number of benzene rings is 4. The van der Waals surface area contributed by atoms with E-state index in [1.54, 1.807) is 6.07 Å². The maximum Gasteiger partial charge on any atom is 0.419 e. The van der Waals surface area contributed by atoms with Crippen LogP contribution >= 0.6 is 0 Å². The molecule has 206 valence electrons. The number of alkyl halides is 3. The molecular weight excluding hydrogens is 517 g/mol. The third-order valence-corrected chi connectivity index (χ3v) is 7.02. The molecule has 0 aliphatic rings. The maximum atomic E-state index is 15.2. The molecule has 4 aromatic rings. The number of hydrogen-bond donors (Lipinski definition) is 0. The van der Waals surface area contributed by atoms with E-state index >= 15 is 4.39 Å². The lowest BCUT2D eigenvalue weighted by Gasteiger charge is -2.12. The van der Waals surface area contributed by atoms with Gasteiger partial charge in [-0.05, 0) is 83.7 Å². The second kappa shape index (κ2) is 12.2. The Labute approximate surface area is 223 Å². The van der Waals surface area contributed by atoms with Crippen LogP contribution < -0.4 is 0 Å². The molecule has 0 aliphatic carbocycles. The first-order valence-electron chi connectivity index (χ1n) is 13.1. The van der Waals surface area contributed by atoms with Crippen LogP contribution in [0.1, 0.15) is 61.3 Å². The molecule has 0 saturated heterocycles. The van der Waals surface area contributed by atoms with Crippen molar-refractivity contribution < 1.29 is 30.7 Å². The molecule has 0 radical (unpaired) electrons. The van der Waals surface area contributed by atoms with E-state index in [9.17, 15) is 26.3 Å². The van der Waals surface area contributed by atoms with Crippen molar-refractivity contribution in [3.8, 4) is 11.1 Å². The Morgan fingerprint density at radius 3 is 1.97 bits per heavy atom. The first-order chi connectivity index (χ1) is 18.6. The van der Waals surface area contributed by atoms with Crippen LogP contribution in [0.3, 0.4) is 0 Å². The van der Waals surface area contributed by atoms with Crippen molar-refractivity contribution in [2.24, 2.45) is 0 Å². The molecule has 0 N–H and O–H groups in total. The van der Waals surface area contributed by atoms with Crippen LogP contribution in [0.15, 0.2) is 60.7 Å². The summed E-state index contributed by atoms with van der Waals surface area (Å²) < 4.78 is 97.3. The molecule has 0 unspecified atom stereocenters. The van der Waals surface area contributed by atoms with Crippen LogP contribution in [-0.2, 0) is 25.4 Å². The molecule has 0 aliphatic heterocycles. The summed E-state index contributed by atoms with van der Waals surface area (Å²) in [4.78, 5) is 0. The van der Waals surface area contributed by atoms with Crippen molar-refractivity contribution in [3.63, 3.8) is 0 Å². The molecule has 0 saturated carbocycles. The van der Waals surface area contributed by atoms with Gasteiger partial charge in [0.15, 0.2) is 0 Å². The number of aryl methyl sites for hydroxylation is 3. The Balaban J connectivity index is 1.51. The Hall–Kier alpha value is -3.35. The molecule has 0 amide bonds. The molecule has 39 heavy (non-hydrogen) atoms. The standard InChI is InChI=1S/C32H29F7/c1-2-3-4-5-6-7-21-17-28(34)30(29(35)18-21)24-13-14-25-23(19-24)12-11-22(31(25)36)10-8-20-9-15-26(27(33)16-20)32(37,38)39/h9,11-19H,2-8,10H2,1H3. The van der Waals surface area contributed by atoms with Gasteiger partial charge in [0.25, 0.3) is 0 Å². The highest BCUT2D eigenvalue weighted by molar-refractivity contribution is 5.88. The number of fused-ring (bicyclic) bond motifs is 1. The highest BCUT2D eigenvalue weighted by Gasteiger charge is 2.33. The first kappa shape index (κ1) is 28.7. The average Bonchev–Trinajstić information content (AvgIpc) is 2.87. The zero-order valence-electron chi connectivity index (χ0n) is 21.6. The predicted octanol–water partition coefficient (Wildman–Crippen LogP) is 10.4. The average molecular weight is 547 g/mol. The Bertz CT molecular complexity index is 1430. The predicted molar refractivity (Wildman–Crippen MR) is 141 cm³/mol. The molecule has 0 spiro atoms. The van der Waals surface area contributed by atoms with Gasteiger partial charge in [-0.2, -0.15) is 13.2 Å². The fourth-order valence-electron chi connectivity index (χ4n) is 4.89. The van der Waals surface area contributed by atoms with Gasteiger partial charge in [-0.25, -0.2) is 17.6 Å². The van der Waals surface area contributed by atoms with E-state index in [-0.39, 0.29) is 23.8 Å². The Kier molecular flexibility index (Phi) is 8.98. The van der Waals surface area contributed by atoms with E-state index in [1.807, 2.05) is 0 Å². The van der Waals surface area contributed by atoms with Gasteiger partial charge in [-0.3, -0.25) is 0 Å². The summed E-state index contributed by atoms with van der Waals surface area (Å²) in [6.07, 6.45) is 1.33. The van der Waals surface area contributed by atoms with Crippen LogP contribution in [0.2, 0.25) is 0 Å². The van der Waals surface area contributed by atoms with E-state index in [1.165, 1.54) is 42.5 Å². The van der Waals surface area contributed by atoms with Gasteiger partial charge in [0.2, 0.25) is 0 Å². The fourth-order valence-corrected chi connectivity index (χ4v) is 4.89. The van der Waals surface area contributed by atoms with E-state index in [0.29, 0.717) is 40.1 Å². The third kappa shape index (κ3) is 6.81. The van der Waals surface area contributed by atoms with Gasteiger partial charge < -0.3 is 0 Å². The minimum absolute atomic E-state index is 0.136. The smallest absolute Gasteiger partial charge is 0.206 e. The highest BCUT2D eigenvalue weighted by atomic mass is 19.4. The Morgan fingerprint density at radius 1 is 0.615 bits per heavy atom. The van der Waals surface area contributed by atoms with Crippen molar-refractivity contribution in [3.05, 3.63) is 106 Å². The second-order valence-electron chi connectivity index (χ2n) is 9.89. The summed E-state index contributed by atoms with van der Waals surface area (Å²) in [6.45, 7) is 2.12. The largest absolute Gasteiger partial charge is 0.419 e. The molecular formula is C32H29F7. The van der Waals surface area contributed by atoms with E-state index in [4.69, 9.17) is 0 Å². The number of halogens is 7. The topological polar surface area (TPSA) is 0 Å². The zero-order chi connectivity index (χ0) is 28.2. The summed E-state index contributed by atoms with van der Waals surface area (Å²) in [5, 5.41) is 0.701. The van der Waals surface area contributed by atoms with Crippen molar-refractivity contribution in [1.82, 2.24) is 0 Å². The zero-order valence-corrected chi connectivity index (χ0v) is 21.6. The second-order valence-corrected chi connectivity index (χ2v) is 9.89. The van der Waals surface area contributed by atoms with Gasteiger partial charge in [0, 0.05) is 5.39 Å². The van der Waals surface area contributed by atoms with Crippen LogP contribution in [0, 0.1) is 23.3 Å². The van der Waals surface area contributed by atoms with Gasteiger partial charge in [-0.15, -0.1) is 0 Å². The van der Waals surface area contributed by atoms with Crippen molar-refractivity contribution in [2.75, 3.05) is 0 Å². The van der Waals surface area contributed by atoms with E-state index in [2.05, 4.69) is 6.92 Å². The molecule has 0 aromatic heterocycles. The van der Waals surface area contributed by atoms with Gasteiger partial charge in [-0.1, -0.05) is 62.9 Å². The summed E-state index contributed by atoms with van der Waals surface area (Å²) in [7, 11) is 0. The lowest BCUT2D eigenvalue weighted by Crippen LogP contribution is -2.08. The van der Waals surface area contributed by atoms with Crippen molar-refractivity contribution in [1.29, 1.82) is 0 Å². The van der Waals surface area contributed by atoms with Gasteiger partial charge >= 0.3 is 6.18 Å². The van der Waals surface area contributed by atoms with Crippen LogP contribution in [0.25, 0.3) is 21.9 Å². The van der Waals surface area contributed by atoms with Crippen LogP contribution in [0.4, 0.5) is 30.7 Å². The lowest BCUT2D eigenvalue weighted by atomic mass is 9.95. The number of rotatable bonds is 10. The molecule has 0 heterocycles. The molecule has 7 heteroatoms. The SMILES string of the molecule is CCCCCCCc1cc(F)c(-c2ccc3c(F)c(CCc4ccc(C(F)(F)F)c(F)c4)ccc3c2)c(F)c1. The highest BCUT2D eigenvalue weighted by Crippen LogP contribution is 2.33. The quantitative estimate of drug-likeness (QED) is 0.137. The molecule has 0 bridgehead atoms. The van der Waals surface area contributed by atoms with Crippen LogP contribution in [0.5, 0.6) is 0 Å². The maximum absolute atomic E-state index is 15.2. The van der Waals surface area contributed by atoms with Gasteiger partial charge in [0.1, 0.15) is 23.3 Å². The van der Waals surface area contributed by atoms with E-state index < -0.39 is 35.0 Å². The van der Waals surface area contributed by atoms with Crippen molar-refractivity contribution in [2.45, 2.75) is 64.5 Å². The monoisotopic (exact) mass is 546 g/mol. The molecule has 4 aromatic carbocycles. The first-order valence-corrected chi connectivity index (χ1v) is 13.1. The van der Waals surface area contributed by atoms with Crippen molar-refractivity contribution >= 4 is 10.8 Å². The lowest BCUT2D eigenvalue weighted by molar-refractivity contribution is -0.140. The third-order valence-electron chi connectivity index (χ3n) is 7.02.